The number of hydrogen-bond donors (Lipinski definition) is 2. The maximum atomic E-state index is 12.0. The predicted octanol–water partition coefficient (Wildman–Crippen LogP) is 4.79. The molecule has 1 unspecified atom stereocenters. The number of hydrogen-bond acceptors (Lipinski definition) is 1. The molecule has 0 aliphatic carbocycles. The van der Waals surface area contributed by atoms with Gasteiger partial charge >= 0.3 is 6.03 Å². The summed E-state index contributed by atoms with van der Waals surface area (Å²) in [5.74, 6) is 0. The first-order valence-corrected chi connectivity index (χ1v) is 7.39. The van der Waals surface area contributed by atoms with Gasteiger partial charge in [0.2, 0.25) is 0 Å². The van der Waals surface area contributed by atoms with E-state index in [1.165, 1.54) is 5.56 Å². The molecule has 2 aromatic rings. The molecule has 0 fully saturated rings. The topological polar surface area (TPSA) is 41.1 Å². The van der Waals surface area contributed by atoms with Gasteiger partial charge < -0.3 is 10.6 Å². The molecule has 21 heavy (non-hydrogen) atoms. The predicted molar refractivity (Wildman–Crippen MR) is 87.8 cm³/mol. The number of carbonyl (C=O) groups is 1. The van der Waals surface area contributed by atoms with Crippen LogP contribution in [0, 0.1) is 0 Å². The van der Waals surface area contributed by atoms with Gasteiger partial charge in [-0.25, -0.2) is 4.79 Å². The summed E-state index contributed by atoms with van der Waals surface area (Å²) in [6.45, 7) is 4.07. The lowest BCUT2D eigenvalue weighted by atomic mass is 10.1. The third kappa shape index (κ3) is 4.23. The molecular weight excluding hydrogens is 284 g/mol. The smallest absolute Gasteiger partial charge is 0.319 e. The highest BCUT2D eigenvalue weighted by Gasteiger charge is 2.10. The van der Waals surface area contributed by atoms with Crippen molar-refractivity contribution in [2.75, 3.05) is 5.32 Å². The number of amides is 2. The Bertz CT molecular complexity index is 610. The average Bonchev–Trinajstić information content (AvgIpc) is 2.49. The molecule has 0 saturated carbocycles. The van der Waals surface area contributed by atoms with Crippen LogP contribution in [0.1, 0.15) is 31.0 Å². The molecule has 1 atom stereocenters. The highest BCUT2D eigenvalue weighted by atomic mass is 35.5. The normalized spacial score (nSPS) is 11.8. The quantitative estimate of drug-likeness (QED) is 0.838. The fraction of sp³-hybridized carbons (Fsp3) is 0.235. The summed E-state index contributed by atoms with van der Waals surface area (Å²) < 4.78 is 0. The van der Waals surface area contributed by atoms with Crippen LogP contribution in [0.25, 0.3) is 0 Å². The first-order valence-electron chi connectivity index (χ1n) is 7.01. The highest BCUT2D eigenvalue weighted by molar-refractivity contribution is 6.33. The van der Waals surface area contributed by atoms with E-state index in [-0.39, 0.29) is 12.1 Å². The largest absolute Gasteiger partial charge is 0.331 e. The second-order valence-electron chi connectivity index (χ2n) is 4.90. The van der Waals surface area contributed by atoms with Crippen molar-refractivity contribution in [1.82, 2.24) is 5.32 Å². The number of urea groups is 1. The van der Waals surface area contributed by atoms with E-state index in [4.69, 9.17) is 11.6 Å². The van der Waals surface area contributed by atoms with Crippen LogP contribution < -0.4 is 10.6 Å². The van der Waals surface area contributed by atoms with E-state index in [1.54, 1.807) is 12.1 Å². The van der Waals surface area contributed by atoms with Gasteiger partial charge in [-0.3, -0.25) is 0 Å². The molecular formula is C17H19ClN2O. The molecule has 2 N–H and O–H groups in total. The molecule has 0 spiro atoms. The lowest BCUT2D eigenvalue weighted by Crippen LogP contribution is -2.31. The number of carbonyl (C=O) groups excluding carboxylic acids is 1. The van der Waals surface area contributed by atoms with Crippen LogP contribution >= 0.6 is 11.6 Å². The third-order valence-electron chi connectivity index (χ3n) is 3.36. The van der Waals surface area contributed by atoms with Crippen LogP contribution in [0.5, 0.6) is 0 Å². The van der Waals surface area contributed by atoms with Crippen molar-refractivity contribution < 1.29 is 4.79 Å². The summed E-state index contributed by atoms with van der Waals surface area (Å²) >= 11 is 6.01. The molecule has 0 aromatic heterocycles. The zero-order valence-corrected chi connectivity index (χ0v) is 12.9. The fourth-order valence-electron chi connectivity index (χ4n) is 2.04. The monoisotopic (exact) mass is 302 g/mol. The Morgan fingerprint density at radius 3 is 2.43 bits per heavy atom. The van der Waals surface area contributed by atoms with Crippen molar-refractivity contribution in [2.45, 2.75) is 26.3 Å². The molecule has 0 aliphatic rings. The second-order valence-corrected chi connectivity index (χ2v) is 5.30. The molecule has 0 heterocycles. The Morgan fingerprint density at radius 2 is 1.81 bits per heavy atom. The Kier molecular flexibility index (Phi) is 5.23. The molecule has 0 saturated heterocycles. The van der Waals surface area contributed by atoms with Crippen LogP contribution in [-0.2, 0) is 6.42 Å². The third-order valence-corrected chi connectivity index (χ3v) is 3.69. The summed E-state index contributed by atoms with van der Waals surface area (Å²) in [5, 5.41) is 6.17. The average molecular weight is 303 g/mol. The highest BCUT2D eigenvalue weighted by Crippen LogP contribution is 2.20. The Labute approximate surface area is 130 Å². The minimum Gasteiger partial charge on any atom is -0.331 e. The summed E-state index contributed by atoms with van der Waals surface area (Å²) in [4.78, 5) is 12.0. The lowest BCUT2D eigenvalue weighted by molar-refractivity contribution is 0.249. The molecule has 2 aromatic carbocycles. The van der Waals surface area contributed by atoms with Crippen molar-refractivity contribution in [3.8, 4) is 0 Å². The number of halogens is 1. The molecule has 0 radical (unpaired) electrons. The first-order chi connectivity index (χ1) is 10.1. The van der Waals surface area contributed by atoms with Crippen LogP contribution in [0.4, 0.5) is 10.5 Å². The summed E-state index contributed by atoms with van der Waals surface area (Å²) in [7, 11) is 0. The molecule has 0 aliphatic heterocycles. The van der Waals surface area contributed by atoms with E-state index in [9.17, 15) is 4.79 Å². The number of para-hydroxylation sites is 1. The second kappa shape index (κ2) is 7.14. The Morgan fingerprint density at radius 1 is 1.14 bits per heavy atom. The van der Waals surface area contributed by atoms with E-state index in [0.29, 0.717) is 10.7 Å². The van der Waals surface area contributed by atoms with Gasteiger partial charge in [-0.05, 0) is 36.6 Å². The number of aryl methyl sites for hydroxylation is 1. The van der Waals surface area contributed by atoms with Crippen LogP contribution in [-0.4, -0.2) is 6.03 Å². The number of anilines is 1. The van der Waals surface area contributed by atoms with E-state index in [2.05, 4.69) is 29.7 Å². The van der Waals surface area contributed by atoms with Crippen molar-refractivity contribution in [2.24, 2.45) is 0 Å². The zero-order chi connectivity index (χ0) is 15.2. The van der Waals surface area contributed by atoms with Gasteiger partial charge in [0.1, 0.15) is 0 Å². The van der Waals surface area contributed by atoms with Gasteiger partial charge in [0.05, 0.1) is 16.8 Å². The maximum Gasteiger partial charge on any atom is 0.319 e. The number of nitrogens with one attached hydrogen (secondary N) is 2. The van der Waals surface area contributed by atoms with Gasteiger partial charge in [-0.15, -0.1) is 0 Å². The van der Waals surface area contributed by atoms with Crippen molar-refractivity contribution in [1.29, 1.82) is 0 Å². The summed E-state index contributed by atoms with van der Waals surface area (Å²) in [5.41, 5.74) is 2.96. The minimum atomic E-state index is -0.268. The molecule has 4 heteroatoms. The SMILES string of the molecule is CCc1ccc(C(C)NC(=O)Nc2ccccc2Cl)cc1. The van der Waals surface area contributed by atoms with E-state index in [1.807, 2.05) is 31.2 Å². The molecule has 2 amide bonds. The molecule has 3 nitrogen and oxygen atoms in total. The minimum absolute atomic E-state index is 0.0709. The van der Waals surface area contributed by atoms with Crippen LogP contribution in [0.3, 0.4) is 0 Å². The van der Waals surface area contributed by atoms with Gasteiger partial charge in [0, 0.05) is 0 Å². The molecule has 110 valence electrons. The zero-order valence-electron chi connectivity index (χ0n) is 12.2. The fourth-order valence-corrected chi connectivity index (χ4v) is 2.23. The first kappa shape index (κ1) is 15.4. The van der Waals surface area contributed by atoms with E-state index in [0.717, 1.165) is 12.0 Å². The number of benzene rings is 2. The summed E-state index contributed by atoms with van der Waals surface area (Å²) in [6, 6.07) is 15.1. The van der Waals surface area contributed by atoms with E-state index < -0.39 is 0 Å². The van der Waals surface area contributed by atoms with Crippen molar-refractivity contribution >= 4 is 23.3 Å². The van der Waals surface area contributed by atoms with E-state index >= 15 is 0 Å². The maximum absolute atomic E-state index is 12.0. The van der Waals surface area contributed by atoms with Crippen LogP contribution in [0.15, 0.2) is 48.5 Å². The Balaban J connectivity index is 1.97. The van der Waals surface area contributed by atoms with Crippen LogP contribution in [0.2, 0.25) is 5.02 Å². The molecule has 0 bridgehead atoms. The Hall–Kier alpha value is -2.00. The standard InChI is InChI=1S/C17H19ClN2O/c1-3-13-8-10-14(11-9-13)12(2)19-17(21)20-16-7-5-4-6-15(16)18/h4-12H,3H2,1-2H3,(H2,19,20,21). The van der Waals surface area contributed by atoms with Crippen molar-refractivity contribution in [3.63, 3.8) is 0 Å². The van der Waals surface area contributed by atoms with Crippen molar-refractivity contribution in [3.05, 3.63) is 64.7 Å². The van der Waals surface area contributed by atoms with Gasteiger partial charge in [-0.2, -0.15) is 0 Å². The lowest BCUT2D eigenvalue weighted by Gasteiger charge is -2.16. The molecule has 2 rings (SSSR count). The number of rotatable bonds is 4. The van der Waals surface area contributed by atoms with Gasteiger partial charge in [0.25, 0.3) is 0 Å². The van der Waals surface area contributed by atoms with Gasteiger partial charge in [-0.1, -0.05) is 54.9 Å². The summed E-state index contributed by atoms with van der Waals surface area (Å²) in [6.07, 6.45) is 1.01. The van der Waals surface area contributed by atoms with Gasteiger partial charge in [0.15, 0.2) is 0 Å².